The van der Waals surface area contributed by atoms with Crippen LogP contribution in [0.15, 0.2) is 30.3 Å². The highest BCUT2D eigenvalue weighted by atomic mass is 16.2. The van der Waals surface area contributed by atoms with E-state index in [1.54, 1.807) is 0 Å². The number of rotatable bonds is 3. The van der Waals surface area contributed by atoms with Gasteiger partial charge in [0, 0.05) is 18.0 Å². The van der Waals surface area contributed by atoms with Crippen LogP contribution in [0.5, 0.6) is 0 Å². The Morgan fingerprint density at radius 2 is 2.00 bits per heavy atom. The quantitative estimate of drug-likeness (QED) is 0.882. The topological polar surface area (TPSA) is 41.1 Å². The maximum Gasteiger partial charge on any atom is 0.226 e. The van der Waals surface area contributed by atoms with E-state index in [1.807, 2.05) is 0 Å². The Labute approximate surface area is 152 Å². The second-order valence-corrected chi connectivity index (χ2v) is 9.37. The number of nitrogens with one attached hydrogen (secondary N) is 2. The number of hydrogen-bond acceptors (Lipinski definition) is 2. The molecule has 4 rings (SSSR count). The first-order valence-corrected chi connectivity index (χ1v) is 10.1. The van der Waals surface area contributed by atoms with Gasteiger partial charge in [0.05, 0.1) is 0 Å². The molecule has 3 nitrogen and oxygen atoms in total. The normalized spacial score (nSPS) is 40.6. The Hall–Kier alpha value is -1.35. The lowest BCUT2D eigenvalue weighted by atomic mass is 9.50. The van der Waals surface area contributed by atoms with Crippen molar-refractivity contribution < 1.29 is 4.79 Å². The number of benzene rings is 1. The van der Waals surface area contributed by atoms with E-state index in [-0.39, 0.29) is 10.8 Å². The minimum absolute atomic E-state index is 0.182. The van der Waals surface area contributed by atoms with Crippen LogP contribution in [0, 0.1) is 17.3 Å². The molecule has 2 saturated carbocycles. The lowest BCUT2D eigenvalue weighted by molar-refractivity contribution is -0.137. The van der Waals surface area contributed by atoms with Crippen molar-refractivity contribution in [2.75, 3.05) is 13.1 Å². The Morgan fingerprint density at radius 1 is 1.20 bits per heavy atom. The van der Waals surface area contributed by atoms with Crippen molar-refractivity contribution in [3.8, 4) is 0 Å². The predicted molar refractivity (Wildman–Crippen MR) is 101 cm³/mol. The Kier molecular flexibility index (Phi) is 4.39. The van der Waals surface area contributed by atoms with Crippen LogP contribution in [0.3, 0.4) is 0 Å². The molecule has 2 bridgehead atoms. The third kappa shape index (κ3) is 3.23. The summed E-state index contributed by atoms with van der Waals surface area (Å²) in [5, 5.41) is 6.71. The van der Waals surface area contributed by atoms with Crippen molar-refractivity contribution in [3.63, 3.8) is 0 Å². The Bertz CT molecular complexity index is 620. The molecule has 136 valence electrons. The zero-order valence-electron chi connectivity index (χ0n) is 15.7. The second kappa shape index (κ2) is 6.42. The molecule has 2 aliphatic carbocycles. The summed E-state index contributed by atoms with van der Waals surface area (Å²) in [4.78, 5) is 13.2. The SMILES string of the molecule is CC1CC2CC(C)(C(=O)NC3CCNC3)CC(c3ccccc3)(C1)C2. The van der Waals surface area contributed by atoms with Crippen LogP contribution in [0.4, 0.5) is 0 Å². The van der Waals surface area contributed by atoms with Crippen LogP contribution in [-0.4, -0.2) is 25.0 Å². The molecule has 2 N–H and O–H groups in total. The summed E-state index contributed by atoms with van der Waals surface area (Å²) in [6.07, 6.45) is 6.87. The van der Waals surface area contributed by atoms with Crippen molar-refractivity contribution in [1.82, 2.24) is 10.6 Å². The fourth-order valence-corrected chi connectivity index (χ4v) is 6.23. The van der Waals surface area contributed by atoms with Crippen LogP contribution in [0.2, 0.25) is 0 Å². The third-order valence-electron chi connectivity index (χ3n) is 6.95. The number of carbonyl (C=O) groups is 1. The first-order chi connectivity index (χ1) is 12.0. The maximum absolute atomic E-state index is 13.2. The standard InChI is InChI=1S/C22H32N2O/c1-16-10-17-12-21(2,20(25)24-19-8-9-23-14-19)15-22(11-16,13-17)18-6-4-3-5-7-18/h3-7,16-17,19,23H,8-15H2,1-2H3,(H,24,25). The van der Waals surface area contributed by atoms with Gasteiger partial charge in [-0.25, -0.2) is 0 Å². The van der Waals surface area contributed by atoms with Crippen LogP contribution < -0.4 is 10.6 Å². The first kappa shape index (κ1) is 17.1. The van der Waals surface area contributed by atoms with Gasteiger partial charge >= 0.3 is 0 Å². The van der Waals surface area contributed by atoms with Crippen molar-refractivity contribution in [2.45, 2.75) is 63.8 Å². The van der Waals surface area contributed by atoms with Gasteiger partial charge in [-0.05, 0) is 67.9 Å². The van der Waals surface area contributed by atoms with E-state index in [9.17, 15) is 4.79 Å². The molecular weight excluding hydrogens is 308 g/mol. The molecule has 0 aromatic heterocycles. The van der Waals surface area contributed by atoms with Gasteiger partial charge in [0.1, 0.15) is 0 Å². The lowest BCUT2D eigenvalue weighted by Crippen LogP contribution is -2.54. The summed E-state index contributed by atoms with van der Waals surface area (Å²) in [5.74, 6) is 1.72. The summed E-state index contributed by atoms with van der Waals surface area (Å²) in [7, 11) is 0. The number of carbonyl (C=O) groups excluding carboxylic acids is 1. The Balaban J connectivity index is 1.61. The minimum Gasteiger partial charge on any atom is -0.352 e. The molecule has 1 saturated heterocycles. The van der Waals surface area contributed by atoms with E-state index in [0.29, 0.717) is 17.9 Å². The van der Waals surface area contributed by atoms with Gasteiger partial charge in [-0.2, -0.15) is 0 Å². The molecule has 1 heterocycles. The van der Waals surface area contributed by atoms with Crippen LogP contribution in [-0.2, 0) is 10.2 Å². The zero-order valence-corrected chi connectivity index (χ0v) is 15.7. The molecular formula is C22H32N2O. The van der Waals surface area contributed by atoms with E-state index in [0.717, 1.165) is 38.3 Å². The largest absolute Gasteiger partial charge is 0.352 e. The summed E-state index contributed by atoms with van der Waals surface area (Å²) in [5.41, 5.74) is 1.40. The summed E-state index contributed by atoms with van der Waals surface area (Å²) in [6, 6.07) is 11.3. The maximum atomic E-state index is 13.2. The average Bonchev–Trinajstić information content (AvgIpc) is 3.07. The summed E-state index contributed by atoms with van der Waals surface area (Å²) < 4.78 is 0. The fourth-order valence-electron chi connectivity index (χ4n) is 6.23. The Morgan fingerprint density at radius 3 is 2.72 bits per heavy atom. The highest BCUT2D eigenvalue weighted by molar-refractivity contribution is 5.83. The molecule has 1 aliphatic heterocycles. The van der Waals surface area contributed by atoms with Gasteiger partial charge in [-0.1, -0.05) is 44.2 Å². The molecule has 0 radical (unpaired) electrons. The van der Waals surface area contributed by atoms with E-state index in [2.05, 4.69) is 54.8 Å². The van der Waals surface area contributed by atoms with Gasteiger partial charge in [0.15, 0.2) is 0 Å². The van der Waals surface area contributed by atoms with Crippen molar-refractivity contribution >= 4 is 5.91 Å². The van der Waals surface area contributed by atoms with Gasteiger partial charge in [-0.15, -0.1) is 0 Å². The molecule has 3 aliphatic rings. The lowest BCUT2D eigenvalue weighted by Gasteiger charge is -2.54. The zero-order chi connectivity index (χ0) is 17.5. The monoisotopic (exact) mass is 340 g/mol. The van der Waals surface area contributed by atoms with Gasteiger partial charge in [0.25, 0.3) is 0 Å². The van der Waals surface area contributed by atoms with Gasteiger partial charge < -0.3 is 10.6 Å². The number of hydrogen-bond donors (Lipinski definition) is 2. The molecule has 25 heavy (non-hydrogen) atoms. The summed E-state index contributed by atoms with van der Waals surface area (Å²) in [6.45, 7) is 6.57. The van der Waals surface area contributed by atoms with Crippen molar-refractivity contribution in [2.24, 2.45) is 17.3 Å². The van der Waals surface area contributed by atoms with E-state index < -0.39 is 0 Å². The van der Waals surface area contributed by atoms with E-state index in [4.69, 9.17) is 0 Å². The van der Waals surface area contributed by atoms with Crippen LogP contribution in [0.25, 0.3) is 0 Å². The highest BCUT2D eigenvalue weighted by Gasteiger charge is 2.53. The molecule has 3 fully saturated rings. The second-order valence-electron chi connectivity index (χ2n) is 9.37. The average molecular weight is 341 g/mol. The third-order valence-corrected chi connectivity index (χ3v) is 6.95. The van der Waals surface area contributed by atoms with Gasteiger partial charge in [0.2, 0.25) is 5.91 Å². The molecule has 1 aromatic rings. The minimum atomic E-state index is -0.235. The number of fused-ring (bicyclic) bond motifs is 2. The smallest absolute Gasteiger partial charge is 0.226 e. The predicted octanol–water partition coefficient (Wildman–Crippen LogP) is 3.64. The van der Waals surface area contributed by atoms with Crippen LogP contribution in [0.1, 0.15) is 57.9 Å². The molecule has 1 amide bonds. The molecule has 0 spiro atoms. The van der Waals surface area contributed by atoms with Crippen molar-refractivity contribution in [1.29, 1.82) is 0 Å². The highest BCUT2D eigenvalue weighted by Crippen LogP contribution is 2.58. The van der Waals surface area contributed by atoms with Crippen LogP contribution >= 0.6 is 0 Å². The first-order valence-electron chi connectivity index (χ1n) is 10.1. The van der Waals surface area contributed by atoms with E-state index in [1.165, 1.54) is 24.8 Å². The molecule has 3 heteroatoms. The molecule has 1 aromatic carbocycles. The molecule has 5 atom stereocenters. The fraction of sp³-hybridized carbons (Fsp3) is 0.682. The number of amides is 1. The molecule has 5 unspecified atom stereocenters. The van der Waals surface area contributed by atoms with E-state index >= 15 is 0 Å². The van der Waals surface area contributed by atoms with Gasteiger partial charge in [-0.3, -0.25) is 4.79 Å². The van der Waals surface area contributed by atoms with Crippen molar-refractivity contribution in [3.05, 3.63) is 35.9 Å². The summed E-state index contributed by atoms with van der Waals surface area (Å²) >= 11 is 0.